The fourth-order valence-corrected chi connectivity index (χ4v) is 2.16. The molecule has 0 spiro atoms. The van der Waals surface area contributed by atoms with E-state index in [1.54, 1.807) is 24.4 Å². The van der Waals surface area contributed by atoms with Crippen molar-refractivity contribution in [3.05, 3.63) is 47.1 Å². The molecule has 18 heavy (non-hydrogen) atoms. The Morgan fingerprint density at radius 2 is 1.78 bits per heavy atom. The molecule has 0 saturated heterocycles. The molecule has 0 aliphatic carbocycles. The molecule has 94 valence electrons. The van der Waals surface area contributed by atoms with Crippen LogP contribution in [0.2, 0.25) is 0 Å². The first kappa shape index (κ1) is 13.0. The summed E-state index contributed by atoms with van der Waals surface area (Å²) in [6.45, 7) is 0. The highest BCUT2D eigenvalue weighted by atomic mass is 79.9. The molecule has 0 aliphatic heterocycles. The van der Waals surface area contributed by atoms with Crippen molar-refractivity contribution in [3.8, 4) is 11.6 Å². The van der Waals surface area contributed by atoms with Gasteiger partial charge in [-0.25, -0.2) is 13.4 Å². The molecule has 6 heteroatoms. The summed E-state index contributed by atoms with van der Waals surface area (Å²) >= 11 is 3.28. The molecule has 0 unspecified atom stereocenters. The molecule has 1 heterocycles. The zero-order valence-corrected chi connectivity index (χ0v) is 11.9. The highest BCUT2D eigenvalue weighted by molar-refractivity contribution is 9.10. The van der Waals surface area contributed by atoms with E-state index in [1.807, 2.05) is 6.07 Å². The molecule has 0 aliphatic rings. The summed E-state index contributed by atoms with van der Waals surface area (Å²) in [7, 11) is -3.18. The van der Waals surface area contributed by atoms with E-state index in [1.165, 1.54) is 18.4 Å². The van der Waals surface area contributed by atoms with E-state index in [2.05, 4.69) is 20.9 Å². The van der Waals surface area contributed by atoms with Gasteiger partial charge in [-0.05, 0) is 46.3 Å². The third-order valence-corrected chi connectivity index (χ3v) is 3.77. The van der Waals surface area contributed by atoms with Gasteiger partial charge in [0.1, 0.15) is 5.75 Å². The first-order valence-corrected chi connectivity index (χ1v) is 7.73. The molecule has 4 nitrogen and oxygen atoms in total. The second-order valence-electron chi connectivity index (χ2n) is 3.66. The van der Waals surface area contributed by atoms with Gasteiger partial charge in [-0.1, -0.05) is 0 Å². The zero-order chi connectivity index (χ0) is 13.2. The number of pyridine rings is 1. The first-order valence-electron chi connectivity index (χ1n) is 5.05. The maximum absolute atomic E-state index is 11.3. The fraction of sp³-hybridized carbons (Fsp3) is 0.0833. The lowest BCUT2D eigenvalue weighted by atomic mass is 10.3. The Balaban J connectivity index is 2.18. The molecule has 1 aromatic heterocycles. The van der Waals surface area contributed by atoms with Crippen LogP contribution >= 0.6 is 15.9 Å². The normalized spacial score (nSPS) is 11.2. The maximum Gasteiger partial charge on any atom is 0.219 e. The minimum absolute atomic E-state index is 0.263. The van der Waals surface area contributed by atoms with Crippen molar-refractivity contribution in [2.75, 3.05) is 6.26 Å². The van der Waals surface area contributed by atoms with Crippen LogP contribution in [0.25, 0.3) is 0 Å². The van der Waals surface area contributed by atoms with E-state index in [0.29, 0.717) is 11.6 Å². The fourth-order valence-electron chi connectivity index (χ4n) is 1.30. The van der Waals surface area contributed by atoms with E-state index < -0.39 is 9.84 Å². The Morgan fingerprint density at radius 3 is 2.28 bits per heavy atom. The lowest BCUT2D eigenvalue weighted by Crippen LogP contribution is -1.96. The van der Waals surface area contributed by atoms with Crippen molar-refractivity contribution in [1.29, 1.82) is 0 Å². The summed E-state index contributed by atoms with van der Waals surface area (Å²) in [4.78, 5) is 4.32. The Morgan fingerprint density at radius 1 is 1.11 bits per heavy atom. The smallest absolute Gasteiger partial charge is 0.219 e. The van der Waals surface area contributed by atoms with Gasteiger partial charge < -0.3 is 4.74 Å². The quantitative estimate of drug-likeness (QED) is 0.869. The van der Waals surface area contributed by atoms with Gasteiger partial charge in [0.25, 0.3) is 0 Å². The third kappa shape index (κ3) is 3.30. The van der Waals surface area contributed by atoms with E-state index in [9.17, 15) is 8.42 Å². The molecule has 0 saturated carbocycles. The van der Waals surface area contributed by atoms with Gasteiger partial charge in [0.05, 0.1) is 4.90 Å². The molecule has 0 radical (unpaired) electrons. The summed E-state index contributed by atoms with van der Waals surface area (Å²) < 4.78 is 28.9. The van der Waals surface area contributed by atoms with Crippen LogP contribution in [0.1, 0.15) is 0 Å². The highest BCUT2D eigenvalue weighted by Gasteiger charge is 2.06. The van der Waals surface area contributed by atoms with Crippen molar-refractivity contribution in [2.24, 2.45) is 0 Å². The van der Waals surface area contributed by atoms with Crippen LogP contribution in [0.4, 0.5) is 0 Å². The van der Waals surface area contributed by atoms with Crippen LogP contribution in [0, 0.1) is 0 Å². The summed E-state index contributed by atoms with van der Waals surface area (Å²) in [5, 5.41) is 0. The number of nitrogens with zero attached hydrogens (tertiary/aromatic N) is 1. The maximum atomic E-state index is 11.3. The lowest BCUT2D eigenvalue weighted by molar-refractivity contribution is 0.462. The molecular formula is C12H10BrNO3S. The van der Waals surface area contributed by atoms with Gasteiger partial charge in [0.2, 0.25) is 5.88 Å². The number of sulfone groups is 1. The van der Waals surface area contributed by atoms with Crippen molar-refractivity contribution >= 4 is 25.8 Å². The van der Waals surface area contributed by atoms with Gasteiger partial charge in [-0.3, -0.25) is 0 Å². The summed E-state index contributed by atoms with van der Waals surface area (Å²) in [5.41, 5.74) is 0. The second-order valence-corrected chi connectivity index (χ2v) is 6.59. The minimum atomic E-state index is -3.18. The van der Waals surface area contributed by atoms with Gasteiger partial charge in [0, 0.05) is 23.0 Å². The first-order chi connectivity index (χ1) is 8.45. The number of benzene rings is 1. The van der Waals surface area contributed by atoms with Crippen molar-refractivity contribution in [1.82, 2.24) is 4.98 Å². The standard InChI is InChI=1S/C12H10BrNO3S/c1-18(15,16)11-5-3-10(4-6-11)17-12-7-2-9(13)8-14-12/h2-8H,1H3. The number of halogens is 1. The molecule has 0 fully saturated rings. The average Bonchev–Trinajstić information content (AvgIpc) is 2.32. The number of ether oxygens (including phenoxy) is 1. The van der Waals surface area contributed by atoms with Crippen molar-refractivity contribution < 1.29 is 13.2 Å². The van der Waals surface area contributed by atoms with Gasteiger partial charge in [0.15, 0.2) is 9.84 Å². The van der Waals surface area contributed by atoms with E-state index in [4.69, 9.17) is 4.74 Å². The van der Waals surface area contributed by atoms with Gasteiger partial charge in [-0.15, -0.1) is 0 Å². The summed E-state index contributed by atoms with van der Waals surface area (Å²) in [6, 6.07) is 9.73. The van der Waals surface area contributed by atoms with Crippen LogP contribution < -0.4 is 4.74 Å². The number of hydrogen-bond donors (Lipinski definition) is 0. The van der Waals surface area contributed by atoms with E-state index in [-0.39, 0.29) is 4.90 Å². The molecule has 1 aromatic carbocycles. The van der Waals surface area contributed by atoms with Crippen molar-refractivity contribution in [3.63, 3.8) is 0 Å². The molecule has 0 N–H and O–H groups in total. The summed E-state index contributed by atoms with van der Waals surface area (Å²) in [6.07, 6.45) is 2.79. The van der Waals surface area contributed by atoms with Crippen molar-refractivity contribution in [2.45, 2.75) is 4.90 Å². The summed E-state index contributed by atoms with van der Waals surface area (Å²) in [5.74, 6) is 0.988. The highest BCUT2D eigenvalue weighted by Crippen LogP contribution is 2.22. The molecule has 0 bridgehead atoms. The Kier molecular flexibility index (Phi) is 3.68. The zero-order valence-electron chi connectivity index (χ0n) is 9.50. The Hall–Kier alpha value is -1.40. The Labute approximate surface area is 114 Å². The largest absolute Gasteiger partial charge is 0.439 e. The van der Waals surface area contributed by atoms with Crippen LogP contribution in [-0.4, -0.2) is 19.7 Å². The van der Waals surface area contributed by atoms with E-state index >= 15 is 0 Å². The van der Waals surface area contributed by atoms with Crippen LogP contribution in [0.15, 0.2) is 52.0 Å². The Bertz CT molecular complexity index is 636. The topological polar surface area (TPSA) is 56.3 Å². The lowest BCUT2D eigenvalue weighted by Gasteiger charge is -2.05. The third-order valence-electron chi connectivity index (χ3n) is 2.17. The van der Waals surface area contributed by atoms with Crippen LogP contribution in [0.3, 0.4) is 0 Å². The predicted molar refractivity (Wildman–Crippen MR) is 71.6 cm³/mol. The molecule has 0 amide bonds. The average molecular weight is 328 g/mol. The number of rotatable bonds is 3. The van der Waals surface area contributed by atoms with Gasteiger partial charge in [-0.2, -0.15) is 0 Å². The van der Waals surface area contributed by atoms with Crippen LogP contribution in [0.5, 0.6) is 11.6 Å². The van der Waals surface area contributed by atoms with Crippen LogP contribution in [-0.2, 0) is 9.84 Å². The monoisotopic (exact) mass is 327 g/mol. The predicted octanol–water partition coefficient (Wildman–Crippen LogP) is 3.04. The second kappa shape index (κ2) is 5.07. The van der Waals surface area contributed by atoms with E-state index in [0.717, 1.165) is 4.47 Å². The molecule has 0 atom stereocenters. The SMILES string of the molecule is CS(=O)(=O)c1ccc(Oc2ccc(Br)cn2)cc1. The van der Waals surface area contributed by atoms with Gasteiger partial charge >= 0.3 is 0 Å². The number of hydrogen-bond acceptors (Lipinski definition) is 4. The number of aromatic nitrogens is 1. The minimum Gasteiger partial charge on any atom is -0.439 e. The molecule has 2 rings (SSSR count). The molecule has 2 aromatic rings. The molecular weight excluding hydrogens is 318 g/mol.